The molecule has 0 saturated carbocycles. The second-order valence-electron chi connectivity index (χ2n) is 3.90. The monoisotopic (exact) mass is 287 g/mol. The third kappa shape index (κ3) is 3.77. The smallest absolute Gasteiger partial charge is 0.126 e. The SMILES string of the molecule is Fc1cc(F)cc(CCNCc2sccc2Cl)c1. The van der Waals surface area contributed by atoms with E-state index in [0.717, 1.165) is 16.0 Å². The summed E-state index contributed by atoms with van der Waals surface area (Å²) in [5, 5.41) is 5.88. The van der Waals surface area contributed by atoms with Crippen molar-refractivity contribution in [3.8, 4) is 0 Å². The van der Waals surface area contributed by atoms with Gasteiger partial charge in [0.1, 0.15) is 11.6 Å². The lowest BCUT2D eigenvalue weighted by Gasteiger charge is -2.04. The molecule has 5 heteroatoms. The number of thiophene rings is 1. The summed E-state index contributed by atoms with van der Waals surface area (Å²) < 4.78 is 25.9. The predicted octanol–water partition coefficient (Wildman–Crippen LogP) is 4.01. The molecule has 2 aromatic rings. The van der Waals surface area contributed by atoms with E-state index in [4.69, 9.17) is 11.6 Å². The lowest BCUT2D eigenvalue weighted by atomic mass is 10.1. The molecule has 0 saturated heterocycles. The first kappa shape index (κ1) is 13.5. The highest BCUT2D eigenvalue weighted by Crippen LogP contribution is 2.21. The van der Waals surface area contributed by atoms with Crippen LogP contribution >= 0.6 is 22.9 Å². The lowest BCUT2D eigenvalue weighted by molar-refractivity contribution is 0.577. The molecule has 18 heavy (non-hydrogen) atoms. The average Bonchev–Trinajstić information content (AvgIpc) is 2.69. The second kappa shape index (κ2) is 6.27. The maximum Gasteiger partial charge on any atom is 0.126 e. The summed E-state index contributed by atoms with van der Waals surface area (Å²) in [6.07, 6.45) is 0.581. The fourth-order valence-electron chi connectivity index (χ4n) is 1.64. The summed E-state index contributed by atoms with van der Waals surface area (Å²) in [6, 6.07) is 5.43. The van der Waals surface area contributed by atoms with E-state index < -0.39 is 11.6 Å². The van der Waals surface area contributed by atoms with Gasteiger partial charge in [0.25, 0.3) is 0 Å². The molecule has 0 spiro atoms. The lowest BCUT2D eigenvalue weighted by Crippen LogP contribution is -2.16. The van der Waals surface area contributed by atoms with Crippen LogP contribution in [0.2, 0.25) is 5.02 Å². The number of rotatable bonds is 5. The van der Waals surface area contributed by atoms with Gasteiger partial charge in [-0.3, -0.25) is 0 Å². The van der Waals surface area contributed by atoms with Crippen LogP contribution in [0, 0.1) is 11.6 Å². The van der Waals surface area contributed by atoms with Crippen molar-refractivity contribution in [1.82, 2.24) is 5.32 Å². The summed E-state index contributed by atoms with van der Waals surface area (Å²) in [5.74, 6) is -1.07. The van der Waals surface area contributed by atoms with Crippen LogP contribution in [0.5, 0.6) is 0 Å². The number of nitrogens with one attached hydrogen (secondary N) is 1. The molecule has 0 aliphatic carbocycles. The van der Waals surface area contributed by atoms with E-state index in [1.165, 1.54) is 12.1 Å². The molecule has 0 aliphatic rings. The van der Waals surface area contributed by atoms with Crippen molar-refractivity contribution in [2.75, 3.05) is 6.54 Å². The second-order valence-corrected chi connectivity index (χ2v) is 5.30. The summed E-state index contributed by atoms with van der Waals surface area (Å²) in [4.78, 5) is 1.07. The van der Waals surface area contributed by atoms with E-state index in [9.17, 15) is 8.78 Å². The minimum Gasteiger partial charge on any atom is -0.311 e. The topological polar surface area (TPSA) is 12.0 Å². The molecule has 96 valence electrons. The van der Waals surface area contributed by atoms with Crippen LogP contribution in [0.1, 0.15) is 10.4 Å². The van der Waals surface area contributed by atoms with Gasteiger partial charge < -0.3 is 5.32 Å². The molecule has 1 heterocycles. The summed E-state index contributed by atoms with van der Waals surface area (Å²) in [7, 11) is 0. The van der Waals surface area contributed by atoms with Crippen molar-refractivity contribution in [2.45, 2.75) is 13.0 Å². The Kier molecular flexibility index (Phi) is 4.69. The van der Waals surface area contributed by atoms with Crippen molar-refractivity contribution in [1.29, 1.82) is 0 Å². The first-order chi connectivity index (χ1) is 8.65. The van der Waals surface area contributed by atoms with E-state index in [1.54, 1.807) is 11.3 Å². The van der Waals surface area contributed by atoms with E-state index >= 15 is 0 Å². The summed E-state index contributed by atoms with van der Waals surface area (Å²) in [5.41, 5.74) is 0.650. The Hall–Kier alpha value is -0.970. The number of hydrogen-bond acceptors (Lipinski definition) is 2. The van der Waals surface area contributed by atoms with E-state index in [-0.39, 0.29) is 0 Å². The molecule has 0 atom stereocenters. The first-order valence-electron chi connectivity index (χ1n) is 5.53. The van der Waals surface area contributed by atoms with Crippen molar-refractivity contribution in [3.05, 3.63) is 56.7 Å². The Morgan fingerprint density at radius 3 is 2.50 bits per heavy atom. The summed E-state index contributed by atoms with van der Waals surface area (Å²) >= 11 is 7.53. The number of benzene rings is 1. The zero-order valence-corrected chi connectivity index (χ0v) is 11.1. The van der Waals surface area contributed by atoms with Gasteiger partial charge in [-0.15, -0.1) is 11.3 Å². The molecule has 0 amide bonds. The van der Waals surface area contributed by atoms with Gasteiger partial charge in [-0.1, -0.05) is 11.6 Å². The van der Waals surface area contributed by atoms with E-state index in [1.807, 2.05) is 11.4 Å². The predicted molar refractivity (Wildman–Crippen MR) is 71.1 cm³/mol. The van der Waals surface area contributed by atoms with E-state index in [2.05, 4.69) is 5.32 Å². The highest BCUT2D eigenvalue weighted by Gasteiger charge is 2.02. The maximum absolute atomic E-state index is 12.9. The van der Waals surface area contributed by atoms with Crippen LogP contribution in [-0.2, 0) is 13.0 Å². The fraction of sp³-hybridized carbons (Fsp3) is 0.231. The van der Waals surface area contributed by atoms with Crippen molar-refractivity contribution in [3.63, 3.8) is 0 Å². The normalized spacial score (nSPS) is 10.8. The molecule has 1 N–H and O–H groups in total. The Morgan fingerprint density at radius 1 is 1.17 bits per heavy atom. The van der Waals surface area contributed by atoms with Gasteiger partial charge in [-0.05, 0) is 42.1 Å². The van der Waals surface area contributed by atoms with Gasteiger partial charge in [0.2, 0.25) is 0 Å². The maximum atomic E-state index is 12.9. The third-order valence-electron chi connectivity index (χ3n) is 2.49. The van der Waals surface area contributed by atoms with Crippen molar-refractivity contribution < 1.29 is 8.78 Å². The van der Waals surface area contributed by atoms with Gasteiger partial charge in [0, 0.05) is 17.5 Å². The molecular weight excluding hydrogens is 276 g/mol. The molecule has 0 bridgehead atoms. The number of hydrogen-bond donors (Lipinski definition) is 1. The van der Waals surface area contributed by atoms with Crippen LogP contribution in [0.25, 0.3) is 0 Å². The Balaban J connectivity index is 1.80. The van der Waals surface area contributed by atoms with Gasteiger partial charge in [0.05, 0.1) is 5.02 Å². The molecule has 1 aromatic heterocycles. The van der Waals surface area contributed by atoms with Crippen LogP contribution < -0.4 is 5.32 Å². The van der Waals surface area contributed by atoms with Crippen molar-refractivity contribution >= 4 is 22.9 Å². The molecule has 0 radical (unpaired) electrons. The van der Waals surface area contributed by atoms with Gasteiger partial charge in [-0.25, -0.2) is 8.78 Å². The van der Waals surface area contributed by atoms with Crippen LogP contribution in [0.4, 0.5) is 8.78 Å². The van der Waals surface area contributed by atoms with Crippen LogP contribution in [-0.4, -0.2) is 6.54 Å². The average molecular weight is 288 g/mol. The molecular formula is C13H12ClF2NS. The van der Waals surface area contributed by atoms with Crippen molar-refractivity contribution in [2.24, 2.45) is 0 Å². The largest absolute Gasteiger partial charge is 0.311 e. The molecule has 1 aromatic carbocycles. The Labute approximate surface area is 113 Å². The van der Waals surface area contributed by atoms with Gasteiger partial charge in [0.15, 0.2) is 0 Å². The minimum atomic E-state index is -0.536. The Bertz CT molecular complexity index is 507. The highest BCUT2D eigenvalue weighted by molar-refractivity contribution is 7.10. The van der Waals surface area contributed by atoms with Gasteiger partial charge >= 0.3 is 0 Å². The summed E-state index contributed by atoms with van der Waals surface area (Å²) in [6.45, 7) is 1.32. The van der Waals surface area contributed by atoms with Crippen LogP contribution in [0.15, 0.2) is 29.6 Å². The van der Waals surface area contributed by atoms with E-state index in [0.29, 0.717) is 25.1 Å². The standard InChI is InChI=1S/C13H12ClF2NS/c14-12-2-4-18-13(12)8-17-3-1-9-5-10(15)7-11(16)6-9/h2,4-7,17H,1,3,8H2. The highest BCUT2D eigenvalue weighted by atomic mass is 35.5. The first-order valence-corrected chi connectivity index (χ1v) is 6.78. The molecule has 0 unspecified atom stereocenters. The zero-order valence-electron chi connectivity index (χ0n) is 9.55. The number of halogens is 3. The minimum absolute atomic E-state index is 0.536. The van der Waals surface area contributed by atoms with Gasteiger partial charge in [-0.2, -0.15) is 0 Å². The molecule has 1 nitrogen and oxygen atoms in total. The molecule has 0 fully saturated rings. The fourth-order valence-corrected chi connectivity index (χ4v) is 2.71. The van der Waals surface area contributed by atoms with Crippen LogP contribution in [0.3, 0.4) is 0 Å². The molecule has 2 rings (SSSR count). The molecule has 0 aliphatic heterocycles. The zero-order chi connectivity index (χ0) is 13.0. The quantitative estimate of drug-likeness (QED) is 0.819. The Morgan fingerprint density at radius 2 is 1.89 bits per heavy atom. The third-order valence-corrected chi connectivity index (χ3v) is 3.88.